The summed E-state index contributed by atoms with van der Waals surface area (Å²) in [6, 6.07) is 4.97. The van der Waals surface area contributed by atoms with Crippen LogP contribution in [0.5, 0.6) is 0 Å². The Bertz CT molecular complexity index is 798. The molecule has 1 aliphatic carbocycles. The van der Waals surface area contributed by atoms with Gasteiger partial charge in [0.1, 0.15) is 12.5 Å². The molecule has 1 fully saturated rings. The number of nitrogens with one attached hydrogen (secondary N) is 2. The first-order valence-corrected chi connectivity index (χ1v) is 8.85. The van der Waals surface area contributed by atoms with E-state index in [-0.39, 0.29) is 30.5 Å². The molecule has 2 N–H and O–H groups in total. The third-order valence-electron chi connectivity index (χ3n) is 4.50. The van der Waals surface area contributed by atoms with Crippen molar-refractivity contribution < 1.29 is 18.0 Å². The molecule has 0 atom stereocenters. The van der Waals surface area contributed by atoms with Gasteiger partial charge in [-0.15, -0.1) is 0 Å². The Morgan fingerprint density at radius 1 is 1.33 bits per heavy atom. The highest BCUT2D eigenvalue weighted by Gasteiger charge is 2.34. The second-order valence-electron chi connectivity index (χ2n) is 6.79. The fourth-order valence-corrected chi connectivity index (χ4v) is 3.05. The Kier molecular flexibility index (Phi) is 5.67. The molecule has 6 nitrogen and oxygen atoms in total. The molecule has 1 amide bonds. The van der Waals surface area contributed by atoms with E-state index in [2.05, 4.69) is 20.7 Å². The topological polar surface area (TPSA) is 71.8 Å². The highest BCUT2D eigenvalue weighted by Crippen LogP contribution is 2.34. The molecule has 1 aliphatic rings. The second-order valence-corrected chi connectivity index (χ2v) is 6.79. The lowest BCUT2D eigenvalue weighted by molar-refractivity contribution is -0.119. The highest BCUT2D eigenvalue weighted by atomic mass is 19.3. The van der Waals surface area contributed by atoms with Crippen molar-refractivity contribution in [2.24, 2.45) is 0 Å². The zero-order valence-corrected chi connectivity index (χ0v) is 15.0. The molecule has 0 saturated heterocycles. The maximum atomic E-state index is 13.4. The molecule has 2 heterocycles. The van der Waals surface area contributed by atoms with Crippen molar-refractivity contribution in [3.8, 4) is 5.82 Å². The van der Waals surface area contributed by atoms with E-state index >= 15 is 0 Å². The molecule has 1 saturated carbocycles. The van der Waals surface area contributed by atoms with Gasteiger partial charge < -0.3 is 10.6 Å². The van der Waals surface area contributed by atoms with Crippen LogP contribution < -0.4 is 10.6 Å². The number of halogens is 3. The number of aromatic nitrogens is 3. The predicted molar refractivity (Wildman–Crippen MR) is 94.5 cm³/mol. The Balaban J connectivity index is 1.82. The molecule has 0 aliphatic heterocycles. The van der Waals surface area contributed by atoms with Gasteiger partial charge >= 0.3 is 0 Å². The molecule has 2 aromatic rings. The lowest BCUT2D eigenvalue weighted by Gasteiger charge is -2.29. The van der Waals surface area contributed by atoms with Crippen LogP contribution >= 0.6 is 0 Å². The summed E-state index contributed by atoms with van der Waals surface area (Å²) >= 11 is 0. The van der Waals surface area contributed by atoms with Gasteiger partial charge in [-0.05, 0) is 36.6 Å². The predicted octanol–water partition coefficient (Wildman–Crippen LogP) is 3.36. The molecule has 146 valence electrons. The molecule has 2 aromatic heterocycles. The van der Waals surface area contributed by atoms with Crippen molar-refractivity contribution >= 4 is 11.7 Å². The third kappa shape index (κ3) is 5.21. The normalized spacial score (nSPS) is 16.9. The average Bonchev–Trinajstić information content (AvgIpc) is 3.11. The quantitative estimate of drug-likeness (QED) is 0.805. The molecule has 3 rings (SSSR count). The van der Waals surface area contributed by atoms with Gasteiger partial charge in [0.2, 0.25) is 11.8 Å². The molecule has 27 heavy (non-hydrogen) atoms. The number of pyridine rings is 1. The molecule has 0 unspecified atom stereocenters. The SMILES string of the molecule is CC(=O)NCc1cc(NC2CCC(F)(F)CC2)nc(-n2ccc(CF)n2)c1. The molecule has 0 aromatic carbocycles. The van der Waals surface area contributed by atoms with Gasteiger partial charge in [-0.3, -0.25) is 4.79 Å². The van der Waals surface area contributed by atoms with E-state index < -0.39 is 12.6 Å². The number of carbonyl (C=O) groups excluding carboxylic acids is 1. The van der Waals surface area contributed by atoms with E-state index in [0.717, 1.165) is 5.56 Å². The van der Waals surface area contributed by atoms with Crippen LogP contribution in [0.1, 0.15) is 43.9 Å². The number of rotatable bonds is 6. The van der Waals surface area contributed by atoms with E-state index in [1.807, 2.05) is 0 Å². The smallest absolute Gasteiger partial charge is 0.248 e. The average molecular weight is 381 g/mol. The van der Waals surface area contributed by atoms with Crippen molar-refractivity contribution in [1.29, 1.82) is 0 Å². The highest BCUT2D eigenvalue weighted by molar-refractivity contribution is 5.72. The Morgan fingerprint density at radius 3 is 2.70 bits per heavy atom. The fourth-order valence-electron chi connectivity index (χ4n) is 3.05. The summed E-state index contributed by atoms with van der Waals surface area (Å²) < 4.78 is 40.9. The zero-order valence-electron chi connectivity index (χ0n) is 15.0. The van der Waals surface area contributed by atoms with Crippen molar-refractivity contribution in [3.05, 3.63) is 35.7 Å². The minimum atomic E-state index is -2.60. The van der Waals surface area contributed by atoms with Crippen LogP contribution in [0.15, 0.2) is 24.4 Å². The van der Waals surface area contributed by atoms with Gasteiger partial charge in [-0.25, -0.2) is 22.8 Å². The van der Waals surface area contributed by atoms with Crippen LogP contribution in [0.3, 0.4) is 0 Å². The second kappa shape index (κ2) is 7.98. The molecule has 0 radical (unpaired) electrons. The first kappa shape index (κ1) is 19.2. The maximum Gasteiger partial charge on any atom is 0.248 e. The van der Waals surface area contributed by atoms with Gasteiger partial charge in [0.15, 0.2) is 5.82 Å². The van der Waals surface area contributed by atoms with E-state index in [9.17, 15) is 18.0 Å². The molecule has 0 bridgehead atoms. The van der Waals surface area contributed by atoms with E-state index in [1.165, 1.54) is 11.6 Å². The summed E-state index contributed by atoms with van der Waals surface area (Å²) in [5.74, 6) is -1.79. The van der Waals surface area contributed by atoms with Crippen molar-refractivity contribution in [3.63, 3.8) is 0 Å². The molecular formula is C18H22F3N5O. The number of carbonyl (C=O) groups is 1. The Hall–Kier alpha value is -2.58. The number of nitrogens with zero attached hydrogens (tertiary/aromatic N) is 3. The zero-order chi connectivity index (χ0) is 19.4. The first-order chi connectivity index (χ1) is 12.8. The van der Waals surface area contributed by atoms with E-state index in [4.69, 9.17) is 0 Å². The molecule has 9 heteroatoms. The van der Waals surface area contributed by atoms with Crippen LogP contribution in [0.2, 0.25) is 0 Å². The van der Waals surface area contributed by atoms with Crippen molar-refractivity contribution in [2.45, 2.75) is 57.8 Å². The molecular weight excluding hydrogens is 359 g/mol. The summed E-state index contributed by atoms with van der Waals surface area (Å²) in [4.78, 5) is 15.7. The largest absolute Gasteiger partial charge is 0.367 e. The number of alkyl halides is 3. The number of hydrogen-bond acceptors (Lipinski definition) is 4. The van der Waals surface area contributed by atoms with Gasteiger partial charge in [-0.2, -0.15) is 5.10 Å². The minimum absolute atomic E-state index is 0.0972. The molecule has 0 spiro atoms. The summed E-state index contributed by atoms with van der Waals surface area (Å²) in [7, 11) is 0. The van der Waals surface area contributed by atoms with E-state index in [1.54, 1.807) is 24.4 Å². The Labute approximate surface area is 155 Å². The lowest BCUT2D eigenvalue weighted by atomic mass is 9.92. The first-order valence-electron chi connectivity index (χ1n) is 8.85. The summed E-state index contributed by atoms with van der Waals surface area (Å²) in [6.07, 6.45) is 2.01. The monoisotopic (exact) mass is 381 g/mol. The van der Waals surface area contributed by atoms with Crippen LogP contribution in [-0.4, -0.2) is 32.6 Å². The van der Waals surface area contributed by atoms with Crippen LogP contribution in [0.25, 0.3) is 5.82 Å². The van der Waals surface area contributed by atoms with Gasteiger partial charge in [-0.1, -0.05) is 0 Å². The summed E-state index contributed by atoms with van der Waals surface area (Å²) in [5.41, 5.74) is 1.06. The number of amides is 1. The standard InChI is InChI=1S/C18H22F3N5O/c1-12(27)22-11-13-8-16(23-14-2-5-18(20,21)6-3-14)24-17(9-13)26-7-4-15(10-19)25-26/h4,7-9,14H,2-3,5-6,10-11H2,1H3,(H,22,27)(H,23,24). The number of hydrogen-bond donors (Lipinski definition) is 2. The Morgan fingerprint density at radius 2 is 2.07 bits per heavy atom. The summed E-state index contributed by atoms with van der Waals surface area (Å²) in [5, 5.41) is 10.0. The van der Waals surface area contributed by atoms with Gasteiger partial charge in [0.05, 0.1) is 5.69 Å². The van der Waals surface area contributed by atoms with Crippen molar-refractivity contribution in [2.75, 3.05) is 5.32 Å². The lowest BCUT2D eigenvalue weighted by Crippen LogP contribution is -2.32. The fraction of sp³-hybridized carbons (Fsp3) is 0.500. The van der Waals surface area contributed by atoms with Crippen LogP contribution in [0.4, 0.5) is 19.0 Å². The minimum Gasteiger partial charge on any atom is -0.367 e. The maximum absolute atomic E-state index is 13.4. The van der Waals surface area contributed by atoms with Gasteiger partial charge in [0, 0.05) is 38.5 Å². The summed E-state index contributed by atoms with van der Waals surface area (Å²) in [6.45, 7) is 1.03. The van der Waals surface area contributed by atoms with Gasteiger partial charge in [0.25, 0.3) is 0 Å². The van der Waals surface area contributed by atoms with Crippen molar-refractivity contribution in [1.82, 2.24) is 20.1 Å². The van der Waals surface area contributed by atoms with E-state index in [0.29, 0.717) is 31.0 Å². The van der Waals surface area contributed by atoms with Crippen LogP contribution in [-0.2, 0) is 18.0 Å². The van der Waals surface area contributed by atoms with Crippen LogP contribution in [0, 0.1) is 0 Å². The number of anilines is 1. The third-order valence-corrected chi connectivity index (χ3v) is 4.50.